The molecule has 0 aliphatic carbocycles. The third-order valence-electron chi connectivity index (χ3n) is 3.64. The minimum atomic E-state index is -0.335. The molecule has 0 heterocycles. The van der Waals surface area contributed by atoms with Crippen molar-refractivity contribution in [2.24, 2.45) is 0 Å². The van der Waals surface area contributed by atoms with E-state index in [1.165, 1.54) is 11.1 Å². The quantitative estimate of drug-likeness (QED) is 0.413. The average molecular weight is 472 g/mol. The number of hydrogen-bond donors (Lipinski definition) is 0. The normalized spacial score (nSPS) is 13.6. The first-order valence-corrected chi connectivity index (χ1v) is 10.1. The lowest BCUT2D eigenvalue weighted by Crippen LogP contribution is -2.30. The molecule has 3 nitrogen and oxygen atoms in total. The van der Waals surface area contributed by atoms with Gasteiger partial charge >= 0.3 is 0 Å². The molecule has 2 aromatic carbocycles. The van der Waals surface area contributed by atoms with Crippen LogP contribution in [0.1, 0.15) is 25.0 Å². The fraction of sp³-hybridized carbons (Fsp3) is 0.400. The topological polar surface area (TPSA) is 27.7 Å². The molecule has 2 atom stereocenters. The summed E-state index contributed by atoms with van der Waals surface area (Å²) in [6.07, 6.45) is 0.701. The van der Waals surface area contributed by atoms with Crippen LogP contribution >= 0.6 is 31.9 Å². The second-order valence-corrected chi connectivity index (χ2v) is 7.40. The van der Waals surface area contributed by atoms with E-state index in [1.54, 1.807) is 0 Å². The van der Waals surface area contributed by atoms with Crippen molar-refractivity contribution in [3.05, 3.63) is 68.6 Å². The third-order valence-corrected chi connectivity index (χ3v) is 4.70. The Balaban J connectivity index is 2.01. The van der Waals surface area contributed by atoms with Gasteiger partial charge in [-0.15, -0.1) is 0 Å². The maximum absolute atomic E-state index is 6.13. The maximum Gasteiger partial charge on any atom is 0.164 e. The SMILES string of the molecule is CCOC(Cc1ccc(Br)cc1)OC(Cc1ccc(Br)cc1)OCC. The minimum absolute atomic E-state index is 0.335. The molecule has 0 aliphatic rings. The van der Waals surface area contributed by atoms with Gasteiger partial charge in [-0.2, -0.15) is 0 Å². The summed E-state index contributed by atoms with van der Waals surface area (Å²) in [7, 11) is 0. The Kier molecular flexibility index (Phi) is 9.13. The smallest absolute Gasteiger partial charge is 0.164 e. The molecule has 0 aromatic heterocycles. The van der Waals surface area contributed by atoms with Gasteiger partial charge < -0.3 is 14.2 Å². The molecule has 0 N–H and O–H groups in total. The highest BCUT2D eigenvalue weighted by Crippen LogP contribution is 2.17. The molecule has 0 spiro atoms. The average Bonchev–Trinajstić information content (AvgIpc) is 2.59. The molecule has 2 aromatic rings. The summed E-state index contributed by atoms with van der Waals surface area (Å²) in [5.74, 6) is 0. The van der Waals surface area contributed by atoms with Crippen LogP contribution in [0.5, 0.6) is 0 Å². The summed E-state index contributed by atoms with van der Waals surface area (Å²) in [6, 6.07) is 16.4. The molecule has 0 fully saturated rings. The largest absolute Gasteiger partial charge is 0.352 e. The van der Waals surface area contributed by atoms with Gasteiger partial charge in [0.25, 0.3) is 0 Å². The van der Waals surface area contributed by atoms with Gasteiger partial charge in [-0.1, -0.05) is 56.1 Å². The Morgan fingerprint density at radius 1 is 0.680 bits per heavy atom. The van der Waals surface area contributed by atoms with Crippen molar-refractivity contribution in [1.29, 1.82) is 0 Å². The van der Waals surface area contributed by atoms with Crippen molar-refractivity contribution in [2.75, 3.05) is 13.2 Å². The monoisotopic (exact) mass is 470 g/mol. The molecular weight excluding hydrogens is 448 g/mol. The van der Waals surface area contributed by atoms with Crippen molar-refractivity contribution in [1.82, 2.24) is 0 Å². The third kappa shape index (κ3) is 7.59. The predicted octanol–water partition coefficient (Wildman–Crippen LogP) is 5.74. The van der Waals surface area contributed by atoms with Crippen LogP contribution in [0.4, 0.5) is 0 Å². The van der Waals surface area contributed by atoms with Crippen LogP contribution in [0, 0.1) is 0 Å². The maximum atomic E-state index is 6.13. The number of rotatable bonds is 10. The van der Waals surface area contributed by atoms with Crippen LogP contribution < -0.4 is 0 Å². The van der Waals surface area contributed by atoms with Gasteiger partial charge in [0.2, 0.25) is 0 Å². The fourth-order valence-corrected chi connectivity index (χ4v) is 2.99. The molecule has 0 bridgehead atoms. The number of halogens is 2. The van der Waals surface area contributed by atoms with Crippen LogP contribution in [0.15, 0.2) is 57.5 Å². The molecule has 0 amide bonds. The first kappa shape index (κ1) is 20.6. The van der Waals surface area contributed by atoms with E-state index in [4.69, 9.17) is 14.2 Å². The molecular formula is C20H24Br2O3. The van der Waals surface area contributed by atoms with E-state index >= 15 is 0 Å². The molecule has 0 aliphatic heterocycles. The van der Waals surface area contributed by atoms with Crippen molar-refractivity contribution < 1.29 is 14.2 Å². The standard InChI is InChI=1S/C20H24Br2O3/c1-3-23-19(13-15-5-9-17(21)10-6-15)25-20(24-4-2)14-16-7-11-18(22)12-8-16/h5-12,19-20H,3-4,13-14H2,1-2H3. The summed E-state index contributed by atoms with van der Waals surface area (Å²) < 4.78 is 19.8. The number of benzene rings is 2. The minimum Gasteiger partial charge on any atom is -0.352 e. The second kappa shape index (κ2) is 11.1. The van der Waals surface area contributed by atoms with E-state index in [-0.39, 0.29) is 12.6 Å². The molecule has 25 heavy (non-hydrogen) atoms. The van der Waals surface area contributed by atoms with E-state index in [1.807, 2.05) is 38.1 Å². The second-order valence-electron chi connectivity index (χ2n) is 5.57. The van der Waals surface area contributed by atoms with Gasteiger partial charge in [-0.05, 0) is 49.2 Å². The van der Waals surface area contributed by atoms with Gasteiger partial charge in [0.1, 0.15) is 0 Å². The number of hydrogen-bond acceptors (Lipinski definition) is 3. The summed E-state index contributed by atoms with van der Waals surface area (Å²) in [5, 5.41) is 0. The number of ether oxygens (including phenoxy) is 3. The van der Waals surface area contributed by atoms with Gasteiger partial charge in [0.15, 0.2) is 12.6 Å². The zero-order chi connectivity index (χ0) is 18.1. The zero-order valence-electron chi connectivity index (χ0n) is 14.6. The highest BCUT2D eigenvalue weighted by molar-refractivity contribution is 9.10. The first-order valence-electron chi connectivity index (χ1n) is 8.48. The van der Waals surface area contributed by atoms with Crippen LogP contribution in [-0.4, -0.2) is 25.8 Å². The lowest BCUT2D eigenvalue weighted by Gasteiger charge is -2.25. The highest BCUT2D eigenvalue weighted by atomic mass is 79.9. The van der Waals surface area contributed by atoms with E-state index < -0.39 is 0 Å². The lowest BCUT2D eigenvalue weighted by molar-refractivity contribution is -0.241. The van der Waals surface area contributed by atoms with Gasteiger partial charge in [-0.3, -0.25) is 0 Å². The molecule has 2 unspecified atom stereocenters. The Morgan fingerprint density at radius 3 is 1.36 bits per heavy atom. The lowest BCUT2D eigenvalue weighted by atomic mass is 10.1. The van der Waals surface area contributed by atoms with Crippen LogP contribution in [0.3, 0.4) is 0 Å². The summed E-state index contributed by atoms with van der Waals surface area (Å²) in [5.41, 5.74) is 2.33. The molecule has 0 radical (unpaired) electrons. The van der Waals surface area contributed by atoms with Crippen LogP contribution in [0.25, 0.3) is 0 Å². The fourth-order valence-electron chi connectivity index (χ4n) is 2.46. The Bertz CT molecular complexity index is 558. The summed E-state index contributed by atoms with van der Waals surface area (Å²) in [4.78, 5) is 0. The van der Waals surface area contributed by atoms with Crippen molar-refractivity contribution in [2.45, 2.75) is 39.3 Å². The Hall–Kier alpha value is -0.720. The molecule has 2 rings (SSSR count). The zero-order valence-corrected chi connectivity index (χ0v) is 17.8. The highest BCUT2D eigenvalue weighted by Gasteiger charge is 2.18. The molecule has 136 valence electrons. The van der Waals surface area contributed by atoms with Crippen molar-refractivity contribution in [3.63, 3.8) is 0 Å². The van der Waals surface area contributed by atoms with Crippen molar-refractivity contribution >= 4 is 31.9 Å². The Labute approximate surface area is 166 Å². The van der Waals surface area contributed by atoms with Crippen LogP contribution in [0.2, 0.25) is 0 Å². The Morgan fingerprint density at radius 2 is 1.04 bits per heavy atom. The van der Waals surface area contributed by atoms with Gasteiger partial charge in [0, 0.05) is 35.0 Å². The van der Waals surface area contributed by atoms with E-state index in [9.17, 15) is 0 Å². The van der Waals surface area contributed by atoms with Gasteiger partial charge in [-0.25, -0.2) is 0 Å². The molecule has 0 saturated heterocycles. The van der Waals surface area contributed by atoms with Crippen molar-refractivity contribution in [3.8, 4) is 0 Å². The summed E-state index contributed by atoms with van der Waals surface area (Å²) >= 11 is 6.92. The molecule has 0 saturated carbocycles. The first-order chi connectivity index (χ1) is 12.1. The van der Waals surface area contributed by atoms with E-state index in [0.717, 1.165) is 8.95 Å². The van der Waals surface area contributed by atoms with E-state index in [2.05, 4.69) is 56.1 Å². The van der Waals surface area contributed by atoms with Crippen LogP contribution in [-0.2, 0) is 27.1 Å². The summed E-state index contributed by atoms with van der Waals surface area (Å²) in [6.45, 7) is 5.14. The predicted molar refractivity (Wildman–Crippen MR) is 108 cm³/mol. The molecule has 5 heteroatoms. The van der Waals surface area contributed by atoms with E-state index in [0.29, 0.717) is 26.1 Å². The van der Waals surface area contributed by atoms with Gasteiger partial charge in [0.05, 0.1) is 0 Å².